The van der Waals surface area contributed by atoms with Crippen LogP contribution in [0.3, 0.4) is 0 Å². The number of rotatable bonds is 13. The van der Waals surface area contributed by atoms with E-state index in [4.69, 9.17) is 13.9 Å². The highest BCUT2D eigenvalue weighted by atomic mass is 16.5. The molecule has 0 fully saturated rings. The molecule has 0 atom stereocenters. The lowest BCUT2D eigenvalue weighted by atomic mass is 10.1. The van der Waals surface area contributed by atoms with Crippen LogP contribution in [0.5, 0.6) is 11.5 Å². The third kappa shape index (κ3) is 6.37. The fraction of sp³-hybridized carbons (Fsp3) is 0.379. The molecule has 1 aromatic heterocycles. The summed E-state index contributed by atoms with van der Waals surface area (Å²) in [6, 6.07) is 19.9. The summed E-state index contributed by atoms with van der Waals surface area (Å²) in [4.78, 5) is 0. The zero-order valence-corrected chi connectivity index (χ0v) is 20.3. The van der Waals surface area contributed by atoms with Crippen molar-refractivity contribution in [3.05, 3.63) is 60.7 Å². The fourth-order valence-electron chi connectivity index (χ4n) is 4.06. The van der Waals surface area contributed by atoms with Gasteiger partial charge in [-0.2, -0.15) is 0 Å². The number of unbranched alkanes of at least 4 members (excludes halogenated alkanes) is 7. The molecule has 34 heavy (non-hydrogen) atoms. The lowest BCUT2D eigenvalue weighted by molar-refractivity contribution is 0.304. The highest BCUT2D eigenvalue weighted by molar-refractivity contribution is 5.87. The molecule has 4 rings (SSSR count). The zero-order chi connectivity index (χ0) is 23.6. The lowest BCUT2D eigenvalue weighted by Crippen LogP contribution is -1.97. The Kier molecular flexibility index (Phi) is 8.55. The number of ether oxygens (including phenoxy) is 2. The second kappa shape index (κ2) is 12.2. The van der Waals surface area contributed by atoms with Crippen LogP contribution in [-0.4, -0.2) is 23.9 Å². The van der Waals surface area contributed by atoms with E-state index in [-0.39, 0.29) is 0 Å². The Morgan fingerprint density at radius 3 is 1.97 bits per heavy atom. The Morgan fingerprint density at radius 2 is 1.24 bits per heavy atom. The molecule has 0 bridgehead atoms. The van der Waals surface area contributed by atoms with Crippen molar-refractivity contribution in [3.63, 3.8) is 0 Å². The highest BCUT2D eigenvalue weighted by Gasteiger charge is 2.11. The van der Waals surface area contributed by atoms with Crippen molar-refractivity contribution in [3.8, 4) is 34.4 Å². The smallest absolute Gasteiger partial charge is 0.248 e. The van der Waals surface area contributed by atoms with Crippen molar-refractivity contribution in [1.82, 2.24) is 10.2 Å². The number of fused-ring (bicyclic) bond motifs is 1. The molecule has 0 aliphatic carbocycles. The van der Waals surface area contributed by atoms with Crippen molar-refractivity contribution >= 4 is 10.8 Å². The summed E-state index contributed by atoms with van der Waals surface area (Å²) in [5.41, 5.74) is 1.76. The standard InChI is InChI=1S/C29H34N2O3/c1-3-4-5-6-7-8-9-10-19-33-27-18-15-23-20-25(12-11-24(23)21-27)29-31-30-28(34-29)22-13-16-26(32-2)17-14-22/h11-18,20-21H,3-10,19H2,1-2H3. The maximum Gasteiger partial charge on any atom is 0.248 e. The van der Waals surface area contributed by atoms with Crippen molar-refractivity contribution in [2.75, 3.05) is 13.7 Å². The van der Waals surface area contributed by atoms with Gasteiger partial charge < -0.3 is 13.9 Å². The van der Waals surface area contributed by atoms with Crippen LogP contribution in [0.2, 0.25) is 0 Å². The van der Waals surface area contributed by atoms with E-state index < -0.39 is 0 Å². The fourth-order valence-corrected chi connectivity index (χ4v) is 4.06. The molecule has 5 heteroatoms. The van der Waals surface area contributed by atoms with E-state index in [9.17, 15) is 0 Å². The molecule has 3 aromatic carbocycles. The minimum atomic E-state index is 0.488. The monoisotopic (exact) mass is 458 g/mol. The van der Waals surface area contributed by atoms with Crippen LogP contribution in [0, 0.1) is 0 Å². The molecular formula is C29H34N2O3. The van der Waals surface area contributed by atoms with Crippen molar-refractivity contribution < 1.29 is 13.9 Å². The summed E-state index contributed by atoms with van der Waals surface area (Å²) in [6.45, 7) is 3.03. The van der Waals surface area contributed by atoms with Crippen molar-refractivity contribution in [1.29, 1.82) is 0 Å². The van der Waals surface area contributed by atoms with E-state index in [1.807, 2.05) is 36.4 Å². The van der Waals surface area contributed by atoms with Gasteiger partial charge in [0.05, 0.1) is 13.7 Å². The average molecular weight is 459 g/mol. The Balaban J connectivity index is 1.31. The van der Waals surface area contributed by atoms with Gasteiger partial charge in [-0.3, -0.25) is 0 Å². The van der Waals surface area contributed by atoms with Gasteiger partial charge in [0.2, 0.25) is 11.8 Å². The summed E-state index contributed by atoms with van der Waals surface area (Å²) >= 11 is 0. The molecule has 5 nitrogen and oxygen atoms in total. The van der Waals surface area contributed by atoms with Crippen LogP contribution in [0.4, 0.5) is 0 Å². The van der Waals surface area contributed by atoms with E-state index in [0.717, 1.165) is 46.4 Å². The Bertz CT molecular complexity index is 1170. The normalized spacial score (nSPS) is 11.1. The van der Waals surface area contributed by atoms with Gasteiger partial charge in [0.15, 0.2) is 0 Å². The Labute approximate surface area is 202 Å². The van der Waals surface area contributed by atoms with Gasteiger partial charge >= 0.3 is 0 Å². The number of hydrogen-bond donors (Lipinski definition) is 0. The molecule has 0 spiro atoms. The summed E-state index contributed by atoms with van der Waals surface area (Å²) in [5, 5.41) is 10.7. The molecule has 4 aromatic rings. The third-order valence-electron chi connectivity index (χ3n) is 6.09. The molecule has 0 aliphatic rings. The second-order valence-corrected chi connectivity index (χ2v) is 8.69. The van der Waals surface area contributed by atoms with E-state index in [2.05, 4.69) is 41.4 Å². The Hall–Kier alpha value is -3.34. The maximum absolute atomic E-state index is 5.99. The van der Waals surface area contributed by atoms with Gasteiger partial charge in [-0.25, -0.2) is 0 Å². The first-order chi connectivity index (χ1) is 16.8. The molecule has 0 amide bonds. The van der Waals surface area contributed by atoms with Crippen LogP contribution >= 0.6 is 0 Å². The van der Waals surface area contributed by atoms with Crippen molar-refractivity contribution in [2.45, 2.75) is 58.3 Å². The summed E-state index contributed by atoms with van der Waals surface area (Å²) in [6.07, 6.45) is 10.4. The minimum Gasteiger partial charge on any atom is -0.497 e. The van der Waals surface area contributed by atoms with Crippen molar-refractivity contribution in [2.24, 2.45) is 0 Å². The molecule has 0 N–H and O–H groups in total. The van der Waals surface area contributed by atoms with Crippen LogP contribution in [0.25, 0.3) is 33.7 Å². The predicted molar refractivity (Wildman–Crippen MR) is 137 cm³/mol. The quantitative estimate of drug-likeness (QED) is 0.190. The maximum atomic E-state index is 5.99. The van der Waals surface area contributed by atoms with Gasteiger partial charge in [-0.05, 0) is 65.7 Å². The average Bonchev–Trinajstić information content (AvgIpc) is 3.38. The molecule has 0 saturated heterocycles. The topological polar surface area (TPSA) is 57.4 Å². The summed E-state index contributed by atoms with van der Waals surface area (Å²) in [7, 11) is 1.64. The molecular weight excluding hydrogens is 424 g/mol. The molecule has 1 heterocycles. The van der Waals surface area contributed by atoms with E-state index in [0.29, 0.717) is 11.8 Å². The van der Waals surface area contributed by atoms with Crippen LogP contribution in [0.15, 0.2) is 65.1 Å². The zero-order valence-electron chi connectivity index (χ0n) is 20.3. The number of aromatic nitrogens is 2. The number of methoxy groups -OCH3 is 1. The van der Waals surface area contributed by atoms with Gasteiger partial charge in [0, 0.05) is 11.1 Å². The Morgan fingerprint density at radius 1 is 0.647 bits per heavy atom. The van der Waals surface area contributed by atoms with E-state index in [1.165, 1.54) is 44.9 Å². The van der Waals surface area contributed by atoms with Crippen LogP contribution in [-0.2, 0) is 0 Å². The second-order valence-electron chi connectivity index (χ2n) is 8.69. The van der Waals surface area contributed by atoms with E-state index >= 15 is 0 Å². The lowest BCUT2D eigenvalue weighted by Gasteiger charge is -2.08. The van der Waals surface area contributed by atoms with E-state index in [1.54, 1.807) is 7.11 Å². The first-order valence-electron chi connectivity index (χ1n) is 12.4. The largest absolute Gasteiger partial charge is 0.497 e. The summed E-state index contributed by atoms with van der Waals surface area (Å²) < 4.78 is 17.1. The highest BCUT2D eigenvalue weighted by Crippen LogP contribution is 2.29. The van der Waals surface area contributed by atoms with Crippen LogP contribution < -0.4 is 9.47 Å². The van der Waals surface area contributed by atoms with Gasteiger partial charge in [0.1, 0.15) is 11.5 Å². The molecule has 0 unspecified atom stereocenters. The summed E-state index contributed by atoms with van der Waals surface area (Å²) in [5.74, 6) is 2.70. The van der Waals surface area contributed by atoms with Crippen LogP contribution in [0.1, 0.15) is 58.3 Å². The predicted octanol–water partition coefficient (Wildman–Crippen LogP) is 8.08. The first kappa shape index (κ1) is 23.8. The molecule has 178 valence electrons. The number of hydrogen-bond acceptors (Lipinski definition) is 5. The van der Waals surface area contributed by atoms with Gasteiger partial charge in [-0.15, -0.1) is 10.2 Å². The first-order valence-corrected chi connectivity index (χ1v) is 12.4. The molecule has 0 radical (unpaired) electrons. The number of benzene rings is 3. The number of nitrogens with zero attached hydrogens (tertiary/aromatic N) is 2. The minimum absolute atomic E-state index is 0.488. The van der Waals surface area contributed by atoms with Gasteiger partial charge in [-0.1, -0.05) is 64.0 Å². The third-order valence-corrected chi connectivity index (χ3v) is 6.09. The van der Waals surface area contributed by atoms with Gasteiger partial charge in [0.25, 0.3) is 0 Å². The SMILES string of the molecule is CCCCCCCCCCOc1ccc2cc(-c3nnc(-c4ccc(OC)cc4)o3)ccc2c1. The molecule has 0 saturated carbocycles. The molecule has 0 aliphatic heterocycles.